The summed E-state index contributed by atoms with van der Waals surface area (Å²) in [5, 5.41) is 4.74. The van der Waals surface area contributed by atoms with Gasteiger partial charge in [-0.1, -0.05) is 44.5 Å². The summed E-state index contributed by atoms with van der Waals surface area (Å²) in [6, 6.07) is 6.43. The van der Waals surface area contributed by atoms with Crippen LogP contribution in [0.15, 0.2) is 36.9 Å². The highest BCUT2D eigenvalue weighted by Gasteiger charge is 2.39. The van der Waals surface area contributed by atoms with Gasteiger partial charge in [0.25, 0.3) is 0 Å². The molecule has 7 heteroatoms. The molecular weight excluding hydrogens is 342 g/mol. The van der Waals surface area contributed by atoms with E-state index in [1.807, 2.05) is 32.9 Å². The van der Waals surface area contributed by atoms with E-state index >= 15 is 0 Å². The molecule has 25 heavy (non-hydrogen) atoms. The number of Topliss-reactive ketones (excluding diaryl/α,β-unsaturated/α-hetero) is 1. The van der Waals surface area contributed by atoms with Crippen LogP contribution in [0.2, 0.25) is 5.02 Å². The molecule has 2 atom stereocenters. The van der Waals surface area contributed by atoms with Gasteiger partial charge in [-0.2, -0.15) is 5.10 Å². The van der Waals surface area contributed by atoms with Crippen molar-refractivity contribution >= 4 is 23.4 Å². The van der Waals surface area contributed by atoms with Gasteiger partial charge >= 0.3 is 5.97 Å². The van der Waals surface area contributed by atoms with Crippen LogP contribution in [0, 0.1) is 5.41 Å². The number of ketones is 1. The number of nitrogens with zero attached hydrogens (tertiary/aromatic N) is 3. The van der Waals surface area contributed by atoms with Crippen molar-refractivity contribution in [3.63, 3.8) is 0 Å². The maximum Gasteiger partial charge on any atom is 0.306 e. The molecule has 0 aliphatic heterocycles. The first kappa shape index (κ1) is 19.1. The molecule has 0 amide bonds. The van der Waals surface area contributed by atoms with E-state index in [4.69, 9.17) is 16.3 Å². The molecule has 1 aromatic carbocycles. The SMILES string of the molecule is COC(=O)CC(c1ccc(Cl)cc1)C(C(=O)C(C)(C)C)n1cncn1. The average molecular weight is 364 g/mol. The van der Waals surface area contributed by atoms with E-state index in [1.165, 1.54) is 24.4 Å². The molecule has 0 saturated heterocycles. The Bertz CT molecular complexity index is 721. The van der Waals surface area contributed by atoms with Gasteiger partial charge in [0.1, 0.15) is 18.7 Å². The van der Waals surface area contributed by atoms with Crippen molar-refractivity contribution in [2.24, 2.45) is 5.41 Å². The number of aromatic nitrogens is 3. The summed E-state index contributed by atoms with van der Waals surface area (Å²) in [7, 11) is 1.33. The zero-order valence-corrected chi connectivity index (χ0v) is 15.5. The van der Waals surface area contributed by atoms with Crippen LogP contribution in [0.3, 0.4) is 0 Å². The van der Waals surface area contributed by atoms with Crippen LogP contribution in [0.5, 0.6) is 0 Å². The van der Waals surface area contributed by atoms with Crippen LogP contribution in [-0.4, -0.2) is 33.6 Å². The first-order valence-electron chi connectivity index (χ1n) is 7.94. The predicted molar refractivity (Wildman–Crippen MR) is 94.3 cm³/mol. The lowest BCUT2D eigenvalue weighted by atomic mass is 9.78. The maximum absolute atomic E-state index is 13.1. The first-order chi connectivity index (χ1) is 11.7. The van der Waals surface area contributed by atoms with Gasteiger partial charge in [-0.05, 0) is 17.7 Å². The van der Waals surface area contributed by atoms with E-state index < -0.39 is 23.3 Å². The lowest BCUT2D eigenvalue weighted by Gasteiger charge is -2.31. The van der Waals surface area contributed by atoms with Crippen LogP contribution in [-0.2, 0) is 14.3 Å². The summed E-state index contributed by atoms with van der Waals surface area (Å²) in [5.74, 6) is -0.883. The van der Waals surface area contributed by atoms with Crippen molar-refractivity contribution < 1.29 is 14.3 Å². The van der Waals surface area contributed by atoms with Gasteiger partial charge in [0.05, 0.1) is 13.5 Å². The molecule has 2 unspecified atom stereocenters. The van der Waals surface area contributed by atoms with Crippen LogP contribution in [0.1, 0.15) is 44.7 Å². The Morgan fingerprint density at radius 2 is 1.88 bits per heavy atom. The van der Waals surface area contributed by atoms with E-state index in [0.29, 0.717) is 5.02 Å². The summed E-state index contributed by atoms with van der Waals surface area (Å²) < 4.78 is 6.35. The number of hydrogen-bond acceptors (Lipinski definition) is 5. The molecule has 2 aromatic rings. The van der Waals surface area contributed by atoms with Gasteiger partial charge in [0.15, 0.2) is 5.78 Å². The Kier molecular flexibility index (Phi) is 5.95. The minimum Gasteiger partial charge on any atom is -0.469 e. The third-order valence-electron chi connectivity index (χ3n) is 4.02. The van der Waals surface area contributed by atoms with E-state index in [0.717, 1.165) is 5.56 Å². The molecule has 6 nitrogen and oxygen atoms in total. The topological polar surface area (TPSA) is 74.1 Å². The van der Waals surface area contributed by atoms with Gasteiger partial charge in [-0.25, -0.2) is 9.67 Å². The number of halogens is 1. The van der Waals surface area contributed by atoms with Crippen molar-refractivity contribution in [1.29, 1.82) is 0 Å². The number of ether oxygens (including phenoxy) is 1. The summed E-state index contributed by atoms with van der Waals surface area (Å²) in [6.45, 7) is 5.53. The second kappa shape index (κ2) is 7.78. The van der Waals surface area contributed by atoms with E-state index in [1.54, 1.807) is 12.1 Å². The molecule has 0 aliphatic carbocycles. The Hall–Kier alpha value is -2.21. The summed E-state index contributed by atoms with van der Waals surface area (Å²) >= 11 is 5.98. The predicted octanol–water partition coefficient (Wildman–Crippen LogP) is 3.43. The van der Waals surface area contributed by atoms with E-state index in [2.05, 4.69) is 10.1 Å². The number of benzene rings is 1. The van der Waals surface area contributed by atoms with Crippen molar-refractivity contribution in [3.8, 4) is 0 Å². The molecule has 0 radical (unpaired) electrons. The molecule has 0 saturated carbocycles. The maximum atomic E-state index is 13.1. The molecule has 1 aromatic heterocycles. The number of hydrogen-bond donors (Lipinski definition) is 0. The molecule has 0 spiro atoms. The van der Waals surface area contributed by atoms with Crippen molar-refractivity contribution in [1.82, 2.24) is 14.8 Å². The van der Waals surface area contributed by atoms with Crippen molar-refractivity contribution in [3.05, 3.63) is 47.5 Å². The molecule has 1 heterocycles. The quantitative estimate of drug-likeness (QED) is 0.735. The smallest absolute Gasteiger partial charge is 0.306 e. The average Bonchev–Trinajstić information content (AvgIpc) is 3.08. The minimum atomic E-state index is -0.678. The third-order valence-corrected chi connectivity index (χ3v) is 4.27. The Labute approximate surface area is 152 Å². The Morgan fingerprint density at radius 3 is 2.36 bits per heavy atom. The number of rotatable bonds is 6. The highest BCUT2D eigenvalue weighted by Crippen LogP contribution is 2.37. The monoisotopic (exact) mass is 363 g/mol. The first-order valence-corrected chi connectivity index (χ1v) is 8.32. The summed E-state index contributed by atoms with van der Waals surface area (Å²) in [5.41, 5.74) is 0.199. The molecular formula is C18H22ClN3O3. The normalized spacial score (nSPS) is 14.0. The minimum absolute atomic E-state index is 0.0400. The summed E-state index contributed by atoms with van der Waals surface area (Å²) in [6.07, 6.45) is 2.92. The van der Waals surface area contributed by atoms with Crippen LogP contribution in [0.4, 0.5) is 0 Å². The van der Waals surface area contributed by atoms with E-state index in [-0.39, 0.29) is 12.2 Å². The number of esters is 1. The number of carbonyl (C=O) groups excluding carboxylic acids is 2. The molecule has 2 rings (SSSR count). The van der Waals surface area contributed by atoms with Gasteiger partial charge < -0.3 is 4.74 Å². The largest absolute Gasteiger partial charge is 0.469 e. The van der Waals surface area contributed by atoms with Crippen molar-refractivity contribution in [2.75, 3.05) is 7.11 Å². The lowest BCUT2D eigenvalue weighted by molar-refractivity contribution is -0.141. The summed E-state index contributed by atoms with van der Waals surface area (Å²) in [4.78, 5) is 29.1. The molecule has 0 N–H and O–H groups in total. The molecule has 0 fully saturated rings. The lowest BCUT2D eigenvalue weighted by Crippen LogP contribution is -2.35. The molecule has 0 bridgehead atoms. The highest BCUT2D eigenvalue weighted by atomic mass is 35.5. The zero-order valence-electron chi connectivity index (χ0n) is 14.8. The second-order valence-corrected chi connectivity index (χ2v) is 7.31. The van der Waals surface area contributed by atoms with Gasteiger partial charge in [-0.15, -0.1) is 0 Å². The number of methoxy groups -OCH3 is 1. The zero-order chi connectivity index (χ0) is 18.6. The second-order valence-electron chi connectivity index (χ2n) is 6.87. The Balaban J connectivity index is 2.54. The molecule has 0 aliphatic rings. The fraction of sp³-hybridized carbons (Fsp3) is 0.444. The Morgan fingerprint density at radius 1 is 1.24 bits per heavy atom. The fourth-order valence-electron chi connectivity index (χ4n) is 2.68. The van der Waals surface area contributed by atoms with Crippen molar-refractivity contribution in [2.45, 2.75) is 39.2 Å². The van der Waals surface area contributed by atoms with Gasteiger partial charge in [0.2, 0.25) is 0 Å². The van der Waals surface area contributed by atoms with Crippen LogP contribution >= 0.6 is 11.6 Å². The fourth-order valence-corrected chi connectivity index (χ4v) is 2.80. The van der Waals surface area contributed by atoms with E-state index in [9.17, 15) is 9.59 Å². The molecule has 134 valence electrons. The van der Waals surface area contributed by atoms with Crippen LogP contribution < -0.4 is 0 Å². The van der Waals surface area contributed by atoms with Crippen LogP contribution in [0.25, 0.3) is 0 Å². The third kappa shape index (κ3) is 4.66. The standard InChI is InChI=1S/C18H22ClN3O3/c1-18(2,3)17(24)16(22-11-20-10-21-22)14(9-15(23)25-4)12-5-7-13(19)8-6-12/h5-8,10-11,14,16H,9H2,1-4H3. The van der Waals surface area contributed by atoms with Gasteiger partial charge in [-0.3, -0.25) is 9.59 Å². The number of carbonyl (C=O) groups is 2. The highest BCUT2D eigenvalue weighted by molar-refractivity contribution is 6.30. The van der Waals surface area contributed by atoms with Gasteiger partial charge in [0, 0.05) is 16.4 Å².